The van der Waals surface area contributed by atoms with Crippen molar-refractivity contribution in [3.8, 4) is 11.8 Å². The van der Waals surface area contributed by atoms with Crippen molar-refractivity contribution in [3.05, 3.63) is 81.4 Å². The van der Waals surface area contributed by atoms with Gasteiger partial charge in [0.1, 0.15) is 5.82 Å². The molecule has 0 amide bonds. The molecule has 22 heavy (non-hydrogen) atoms. The van der Waals surface area contributed by atoms with Gasteiger partial charge in [0.15, 0.2) is 5.43 Å². The maximum absolute atomic E-state index is 13.1. The Morgan fingerprint density at radius 2 is 1.82 bits per heavy atom. The summed E-state index contributed by atoms with van der Waals surface area (Å²) in [5.41, 5.74) is 8.15. The van der Waals surface area contributed by atoms with Gasteiger partial charge in [-0.1, -0.05) is 17.9 Å². The van der Waals surface area contributed by atoms with Crippen molar-refractivity contribution < 1.29 is 4.39 Å². The summed E-state index contributed by atoms with van der Waals surface area (Å²) in [6.45, 7) is 0.284. The van der Waals surface area contributed by atoms with Crippen LogP contribution in [0.2, 0.25) is 0 Å². The average molecular weight is 292 g/mol. The lowest BCUT2D eigenvalue weighted by molar-refractivity contribution is 0.627. The summed E-state index contributed by atoms with van der Waals surface area (Å²) >= 11 is 0. The van der Waals surface area contributed by atoms with Crippen LogP contribution in [0, 0.1) is 17.7 Å². The molecule has 3 nitrogen and oxygen atoms in total. The van der Waals surface area contributed by atoms with Gasteiger partial charge in [-0.25, -0.2) is 4.39 Å². The molecule has 1 aromatic heterocycles. The highest BCUT2D eigenvalue weighted by atomic mass is 19.1. The predicted octanol–water partition coefficient (Wildman–Crippen LogP) is 2.53. The fraction of sp³-hybridized carbons (Fsp3) is 0.0556. The molecule has 2 aromatic carbocycles. The van der Waals surface area contributed by atoms with Gasteiger partial charge in [-0.15, -0.1) is 0 Å². The highest BCUT2D eigenvalue weighted by molar-refractivity contribution is 5.80. The molecule has 0 bridgehead atoms. The number of nitrogens with two attached hydrogens (primary N) is 1. The average Bonchev–Trinajstić information content (AvgIpc) is 2.53. The monoisotopic (exact) mass is 292 g/mol. The first kappa shape index (κ1) is 14.1. The molecule has 3 aromatic rings. The van der Waals surface area contributed by atoms with E-state index in [1.54, 1.807) is 24.3 Å². The molecule has 4 heteroatoms. The third kappa shape index (κ3) is 2.90. The summed E-state index contributed by atoms with van der Waals surface area (Å²) in [4.78, 5) is 15.2. The number of aromatic amines is 1. The molecule has 0 aliphatic heterocycles. The van der Waals surface area contributed by atoms with E-state index in [0.717, 1.165) is 5.52 Å². The van der Waals surface area contributed by atoms with Crippen LogP contribution in [0.1, 0.15) is 16.8 Å². The molecule has 108 valence electrons. The zero-order valence-corrected chi connectivity index (χ0v) is 11.7. The quantitative estimate of drug-likeness (QED) is 0.677. The SMILES string of the molecule is NCc1cc(=O)c2cc(C#Cc3cccc(F)c3)ccc2[nH]1. The van der Waals surface area contributed by atoms with Crippen molar-refractivity contribution in [1.29, 1.82) is 0 Å². The Hall–Kier alpha value is -2.90. The van der Waals surface area contributed by atoms with E-state index in [4.69, 9.17) is 5.73 Å². The van der Waals surface area contributed by atoms with Crippen LogP contribution in [-0.2, 0) is 6.54 Å². The van der Waals surface area contributed by atoms with Gasteiger partial charge in [0.2, 0.25) is 0 Å². The Bertz CT molecular complexity index is 964. The molecule has 0 aliphatic rings. The first-order chi connectivity index (χ1) is 10.7. The molecule has 0 radical (unpaired) electrons. The fourth-order valence-electron chi connectivity index (χ4n) is 2.20. The number of halogens is 1. The molecule has 0 unspecified atom stereocenters. The van der Waals surface area contributed by atoms with Crippen molar-refractivity contribution in [1.82, 2.24) is 4.98 Å². The number of fused-ring (bicyclic) bond motifs is 1. The van der Waals surface area contributed by atoms with Gasteiger partial charge in [0.25, 0.3) is 0 Å². The van der Waals surface area contributed by atoms with E-state index in [1.807, 2.05) is 6.07 Å². The molecular formula is C18H13FN2O. The second-order valence-electron chi connectivity index (χ2n) is 4.88. The Morgan fingerprint density at radius 3 is 2.55 bits per heavy atom. The zero-order valence-electron chi connectivity index (χ0n) is 11.7. The molecule has 1 heterocycles. The van der Waals surface area contributed by atoms with Gasteiger partial charge in [-0.05, 0) is 36.4 Å². The van der Waals surface area contributed by atoms with Crippen molar-refractivity contribution in [3.63, 3.8) is 0 Å². The minimum atomic E-state index is -0.323. The van der Waals surface area contributed by atoms with Crippen LogP contribution in [0.4, 0.5) is 4.39 Å². The first-order valence-corrected chi connectivity index (χ1v) is 6.79. The summed E-state index contributed by atoms with van der Waals surface area (Å²) in [5, 5.41) is 0.559. The lowest BCUT2D eigenvalue weighted by atomic mass is 10.1. The van der Waals surface area contributed by atoms with Crippen LogP contribution in [0.3, 0.4) is 0 Å². The highest BCUT2D eigenvalue weighted by Crippen LogP contribution is 2.11. The van der Waals surface area contributed by atoms with E-state index < -0.39 is 0 Å². The Labute approximate surface area is 126 Å². The first-order valence-electron chi connectivity index (χ1n) is 6.79. The van der Waals surface area contributed by atoms with E-state index in [-0.39, 0.29) is 17.8 Å². The largest absolute Gasteiger partial charge is 0.357 e. The Balaban J connectivity index is 2.03. The van der Waals surface area contributed by atoms with Crippen LogP contribution < -0.4 is 11.2 Å². The summed E-state index contributed by atoms with van der Waals surface area (Å²) in [5.74, 6) is 5.51. The number of pyridine rings is 1. The number of H-pyrrole nitrogens is 1. The molecule has 0 atom stereocenters. The number of benzene rings is 2. The lowest BCUT2D eigenvalue weighted by Crippen LogP contribution is -2.08. The third-order valence-electron chi connectivity index (χ3n) is 3.28. The maximum atomic E-state index is 13.1. The van der Waals surface area contributed by atoms with Crippen LogP contribution in [0.25, 0.3) is 10.9 Å². The number of hydrogen-bond donors (Lipinski definition) is 2. The van der Waals surface area contributed by atoms with E-state index in [2.05, 4.69) is 16.8 Å². The Morgan fingerprint density at radius 1 is 1.05 bits per heavy atom. The lowest BCUT2D eigenvalue weighted by Gasteiger charge is -2.02. The van der Waals surface area contributed by atoms with Gasteiger partial charge in [0, 0.05) is 40.3 Å². The van der Waals surface area contributed by atoms with E-state index in [0.29, 0.717) is 22.2 Å². The fourth-order valence-corrected chi connectivity index (χ4v) is 2.20. The second kappa shape index (κ2) is 5.84. The van der Waals surface area contributed by atoms with Crippen molar-refractivity contribution >= 4 is 10.9 Å². The Kier molecular flexibility index (Phi) is 3.73. The standard InChI is InChI=1S/C18H13FN2O/c19-14-3-1-2-12(8-14)4-5-13-6-7-17-16(9-13)18(22)10-15(11-20)21-17/h1-3,6-10H,11,20H2,(H,21,22). The van der Waals surface area contributed by atoms with E-state index >= 15 is 0 Å². The highest BCUT2D eigenvalue weighted by Gasteiger charge is 2.02. The molecular weight excluding hydrogens is 279 g/mol. The van der Waals surface area contributed by atoms with Crippen molar-refractivity contribution in [2.75, 3.05) is 0 Å². The van der Waals surface area contributed by atoms with Gasteiger partial charge in [0.05, 0.1) is 0 Å². The van der Waals surface area contributed by atoms with Gasteiger partial charge >= 0.3 is 0 Å². The molecule has 0 fully saturated rings. The van der Waals surface area contributed by atoms with Crippen LogP contribution in [0.5, 0.6) is 0 Å². The van der Waals surface area contributed by atoms with E-state index in [9.17, 15) is 9.18 Å². The number of rotatable bonds is 1. The second-order valence-corrected chi connectivity index (χ2v) is 4.88. The van der Waals surface area contributed by atoms with Crippen LogP contribution in [-0.4, -0.2) is 4.98 Å². The van der Waals surface area contributed by atoms with Crippen molar-refractivity contribution in [2.45, 2.75) is 6.54 Å². The molecule has 3 rings (SSSR count). The summed E-state index contributed by atoms with van der Waals surface area (Å²) in [6.07, 6.45) is 0. The maximum Gasteiger partial charge on any atom is 0.189 e. The third-order valence-corrected chi connectivity index (χ3v) is 3.28. The molecule has 0 saturated heterocycles. The van der Waals surface area contributed by atoms with Crippen molar-refractivity contribution in [2.24, 2.45) is 5.73 Å². The molecule has 3 N–H and O–H groups in total. The van der Waals surface area contributed by atoms with Crippen LogP contribution in [0.15, 0.2) is 53.3 Å². The minimum Gasteiger partial charge on any atom is -0.357 e. The smallest absolute Gasteiger partial charge is 0.189 e. The number of hydrogen-bond acceptors (Lipinski definition) is 2. The summed E-state index contributed by atoms with van der Waals surface area (Å²) in [7, 11) is 0. The van der Waals surface area contributed by atoms with Crippen LogP contribution >= 0.6 is 0 Å². The van der Waals surface area contributed by atoms with E-state index in [1.165, 1.54) is 18.2 Å². The molecule has 0 saturated carbocycles. The zero-order chi connectivity index (χ0) is 15.5. The molecule has 0 spiro atoms. The molecule has 0 aliphatic carbocycles. The summed E-state index contributed by atoms with van der Waals surface area (Å²) < 4.78 is 13.1. The minimum absolute atomic E-state index is 0.0939. The van der Waals surface area contributed by atoms with Gasteiger partial charge in [-0.2, -0.15) is 0 Å². The van der Waals surface area contributed by atoms with Gasteiger partial charge in [-0.3, -0.25) is 4.79 Å². The van der Waals surface area contributed by atoms with Gasteiger partial charge < -0.3 is 10.7 Å². The predicted molar refractivity (Wildman–Crippen MR) is 84.8 cm³/mol. The summed E-state index contributed by atoms with van der Waals surface area (Å²) in [6, 6.07) is 12.9. The topological polar surface area (TPSA) is 58.9 Å². The number of aromatic nitrogens is 1. The number of nitrogens with one attached hydrogen (secondary N) is 1. The normalized spacial score (nSPS) is 10.3.